The van der Waals surface area contributed by atoms with Crippen molar-refractivity contribution in [2.45, 2.75) is 31.5 Å². The van der Waals surface area contributed by atoms with Gasteiger partial charge in [0.25, 0.3) is 0 Å². The largest absolute Gasteiger partial charge is 0.508 e. The van der Waals surface area contributed by atoms with Crippen LogP contribution in [0.3, 0.4) is 0 Å². The third kappa shape index (κ3) is 3.53. The van der Waals surface area contributed by atoms with E-state index in [1.54, 1.807) is 6.92 Å². The van der Waals surface area contributed by atoms with Crippen molar-refractivity contribution in [3.05, 3.63) is 52.8 Å². The van der Waals surface area contributed by atoms with Crippen LogP contribution in [0.1, 0.15) is 28.4 Å². The monoisotopic (exact) mass is 446 g/mol. The Morgan fingerprint density at radius 2 is 1.75 bits per heavy atom. The van der Waals surface area contributed by atoms with Crippen molar-refractivity contribution in [3.8, 4) is 23.0 Å². The smallest absolute Gasteiger partial charge is 0.355 e. The zero-order valence-electron chi connectivity index (χ0n) is 16.9. The number of Topliss-reactive ketones (excluding diaryl/α,β-unsaturated/α-hetero) is 1. The average molecular weight is 446 g/mol. The number of phenols is 4. The Kier molecular flexibility index (Phi) is 5.25. The number of ether oxygens (including phenoxy) is 2. The summed E-state index contributed by atoms with van der Waals surface area (Å²) in [4.78, 5) is 13.3. The number of aromatic hydroxyl groups is 4. The summed E-state index contributed by atoms with van der Waals surface area (Å²) in [5, 5.41) is 71.0. The SMILES string of the molecule is C[C@@H]1CO[C@](O)(OC2=C(c3ccc(O)c(O)c3)Cc3cc(O)cc(O)c3C2=O)[C@H](O)[C@H]1O. The van der Waals surface area contributed by atoms with Crippen LogP contribution in [0.25, 0.3) is 5.57 Å². The molecular formula is C22H22O10. The lowest BCUT2D eigenvalue weighted by molar-refractivity contribution is -0.414. The zero-order valence-corrected chi connectivity index (χ0v) is 16.9. The van der Waals surface area contributed by atoms with Gasteiger partial charge in [-0.1, -0.05) is 13.0 Å². The van der Waals surface area contributed by atoms with Gasteiger partial charge in [-0.15, -0.1) is 0 Å². The number of fused-ring (bicyclic) bond motifs is 1. The molecular weight excluding hydrogens is 424 g/mol. The van der Waals surface area contributed by atoms with Gasteiger partial charge in [-0.2, -0.15) is 0 Å². The number of rotatable bonds is 3. The van der Waals surface area contributed by atoms with E-state index in [1.165, 1.54) is 18.2 Å². The fourth-order valence-electron chi connectivity index (χ4n) is 3.84. The molecule has 0 amide bonds. The van der Waals surface area contributed by atoms with E-state index >= 15 is 0 Å². The maximum atomic E-state index is 13.3. The molecule has 7 N–H and O–H groups in total. The van der Waals surface area contributed by atoms with E-state index in [2.05, 4.69) is 0 Å². The maximum Gasteiger partial charge on any atom is 0.355 e. The summed E-state index contributed by atoms with van der Waals surface area (Å²) in [5.41, 5.74) is 0.389. The molecule has 4 rings (SSSR count). The summed E-state index contributed by atoms with van der Waals surface area (Å²) in [6, 6.07) is 5.97. The normalized spacial score (nSPS) is 27.9. The highest BCUT2D eigenvalue weighted by atomic mass is 16.8. The van der Waals surface area contributed by atoms with Gasteiger partial charge in [0.2, 0.25) is 5.78 Å². The summed E-state index contributed by atoms with van der Waals surface area (Å²) >= 11 is 0. The molecule has 1 aliphatic heterocycles. The first-order valence-electron chi connectivity index (χ1n) is 9.78. The van der Waals surface area contributed by atoms with Crippen molar-refractivity contribution >= 4 is 11.4 Å². The second-order valence-electron chi connectivity index (χ2n) is 7.97. The fourth-order valence-corrected chi connectivity index (χ4v) is 3.84. The molecule has 0 spiro atoms. The molecule has 2 aliphatic rings. The Morgan fingerprint density at radius 1 is 1.03 bits per heavy atom. The van der Waals surface area contributed by atoms with E-state index in [0.29, 0.717) is 0 Å². The molecule has 2 aromatic carbocycles. The van der Waals surface area contributed by atoms with Gasteiger partial charge in [0.15, 0.2) is 23.4 Å². The molecule has 4 atom stereocenters. The lowest BCUT2D eigenvalue weighted by Crippen LogP contribution is -2.60. The summed E-state index contributed by atoms with van der Waals surface area (Å²) in [5.74, 6) is -6.38. The predicted octanol–water partition coefficient (Wildman–Crippen LogP) is 0.710. The van der Waals surface area contributed by atoms with Crippen molar-refractivity contribution in [2.75, 3.05) is 6.61 Å². The highest BCUT2D eigenvalue weighted by Gasteiger charge is 2.52. The van der Waals surface area contributed by atoms with Gasteiger partial charge in [-0.3, -0.25) is 4.79 Å². The Balaban J connectivity index is 1.86. The van der Waals surface area contributed by atoms with Crippen molar-refractivity contribution < 1.29 is 50.0 Å². The van der Waals surface area contributed by atoms with E-state index in [4.69, 9.17) is 9.47 Å². The van der Waals surface area contributed by atoms with E-state index < -0.39 is 52.9 Å². The molecule has 170 valence electrons. The number of carbonyl (C=O) groups is 1. The van der Waals surface area contributed by atoms with Crippen LogP contribution in [0, 0.1) is 5.92 Å². The summed E-state index contributed by atoms with van der Waals surface area (Å²) < 4.78 is 10.7. The first-order chi connectivity index (χ1) is 15.0. The molecule has 1 saturated heterocycles. The van der Waals surface area contributed by atoms with Gasteiger partial charge in [-0.05, 0) is 29.3 Å². The minimum absolute atomic E-state index is 0.0896. The summed E-state index contributed by atoms with van der Waals surface area (Å²) in [7, 11) is 0. The molecule has 1 aliphatic carbocycles. The number of phenolic OH excluding ortho intramolecular Hbond substituents is 4. The minimum Gasteiger partial charge on any atom is -0.508 e. The van der Waals surface area contributed by atoms with Crippen molar-refractivity contribution in [1.29, 1.82) is 0 Å². The van der Waals surface area contributed by atoms with E-state index in [9.17, 15) is 40.5 Å². The van der Waals surface area contributed by atoms with Gasteiger partial charge in [0.1, 0.15) is 11.5 Å². The minimum atomic E-state index is -2.77. The van der Waals surface area contributed by atoms with Crippen LogP contribution in [-0.4, -0.2) is 66.3 Å². The van der Waals surface area contributed by atoms with Crippen LogP contribution in [0.2, 0.25) is 0 Å². The van der Waals surface area contributed by atoms with Gasteiger partial charge in [-0.25, -0.2) is 0 Å². The first-order valence-corrected chi connectivity index (χ1v) is 9.78. The number of aliphatic hydroxyl groups is 3. The van der Waals surface area contributed by atoms with Crippen molar-refractivity contribution in [1.82, 2.24) is 0 Å². The quantitative estimate of drug-likeness (QED) is 0.262. The number of carbonyl (C=O) groups excluding carboxylic acids is 1. The van der Waals surface area contributed by atoms with Crippen LogP contribution in [0.5, 0.6) is 23.0 Å². The van der Waals surface area contributed by atoms with Gasteiger partial charge >= 0.3 is 5.97 Å². The molecule has 0 aromatic heterocycles. The highest BCUT2D eigenvalue weighted by molar-refractivity contribution is 6.16. The van der Waals surface area contributed by atoms with Crippen molar-refractivity contribution in [2.24, 2.45) is 5.92 Å². The second kappa shape index (κ2) is 7.68. The molecule has 32 heavy (non-hydrogen) atoms. The van der Waals surface area contributed by atoms with Crippen LogP contribution in [0.4, 0.5) is 0 Å². The van der Waals surface area contributed by atoms with Gasteiger partial charge in [0, 0.05) is 24.0 Å². The van der Waals surface area contributed by atoms with Crippen molar-refractivity contribution in [3.63, 3.8) is 0 Å². The van der Waals surface area contributed by atoms with E-state index in [-0.39, 0.29) is 41.0 Å². The number of hydrogen-bond donors (Lipinski definition) is 7. The van der Waals surface area contributed by atoms with E-state index in [1.807, 2.05) is 0 Å². The van der Waals surface area contributed by atoms with E-state index in [0.717, 1.165) is 12.1 Å². The van der Waals surface area contributed by atoms with Crippen LogP contribution in [0.15, 0.2) is 36.1 Å². The molecule has 0 radical (unpaired) electrons. The Labute approximate surface area is 181 Å². The number of benzene rings is 2. The van der Waals surface area contributed by atoms with Gasteiger partial charge in [0.05, 0.1) is 18.3 Å². The van der Waals surface area contributed by atoms with Gasteiger partial charge < -0.3 is 45.2 Å². The Hall–Kier alpha value is -3.31. The number of hydrogen-bond acceptors (Lipinski definition) is 10. The number of ketones is 1. The Bertz CT molecular complexity index is 1120. The third-order valence-electron chi connectivity index (χ3n) is 5.66. The molecule has 10 heteroatoms. The second-order valence-corrected chi connectivity index (χ2v) is 7.97. The molecule has 1 heterocycles. The topological polar surface area (TPSA) is 177 Å². The predicted molar refractivity (Wildman–Crippen MR) is 108 cm³/mol. The fraction of sp³-hybridized carbons (Fsp3) is 0.318. The molecule has 1 fully saturated rings. The lowest BCUT2D eigenvalue weighted by atomic mass is 9.85. The maximum absolute atomic E-state index is 13.3. The molecule has 0 bridgehead atoms. The van der Waals surface area contributed by atoms with Crippen LogP contribution < -0.4 is 0 Å². The first kappa shape index (κ1) is 21.9. The molecule has 0 saturated carbocycles. The van der Waals surface area contributed by atoms with Crippen LogP contribution >= 0.6 is 0 Å². The molecule has 10 nitrogen and oxygen atoms in total. The number of allylic oxidation sites excluding steroid dienone is 2. The standard InChI is InChI=1S/C22H22O10/c1-9-8-31-22(30,21(29)18(9)27)32-20-13(10-2-3-14(24)15(25)6-10)5-11-4-12(23)7-16(26)17(11)19(20)28/h2-4,6-7,9,18,21,23-27,29-30H,5,8H2,1H3/t9-,18+,21-,22+/m1/s1. The Morgan fingerprint density at radius 3 is 2.44 bits per heavy atom. The summed E-state index contributed by atoms with van der Waals surface area (Å²) in [6.07, 6.45) is -3.42. The highest BCUT2D eigenvalue weighted by Crippen LogP contribution is 2.42. The molecule has 2 aromatic rings. The average Bonchev–Trinajstić information content (AvgIpc) is 2.73. The number of aliphatic hydroxyl groups excluding tert-OH is 2. The lowest BCUT2D eigenvalue weighted by Gasteiger charge is -2.42. The molecule has 0 unspecified atom stereocenters. The summed E-state index contributed by atoms with van der Waals surface area (Å²) in [6.45, 7) is 1.41. The van der Waals surface area contributed by atoms with Crippen LogP contribution in [-0.2, 0) is 15.9 Å². The third-order valence-corrected chi connectivity index (χ3v) is 5.66. The zero-order chi connectivity index (χ0) is 23.4.